The van der Waals surface area contributed by atoms with Crippen LogP contribution in [0, 0.1) is 20.8 Å². The monoisotopic (exact) mass is 393 g/mol. The molecule has 2 aromatic heterocycles. The molecular formula is C22H20ClN3S. The van der Waals surface area contributed by atoms with Gasteiger partial charge in [-0.3, -0.25) is 0 Å². The zero-order chi connectivity index (χ0) is 19.0. The van der Waals surface area contributed by atoms with Gasteiger partial charge < -0.3 is 5.32 Å². The van der Waals surface area contributed by atoms with Gasteiger partial charge >= 0.3 is 0 Å². The van der Waals surface area contributed by atoms with Gasteiger partial charge in [0.05, 0.1) is 5.39 Å². The van der Waals surface area contributed by atoms with Crippen LogP contribution in [-0.2, 0) is 6.42 Å². The molecule has 0 spiro atoms. The zero-order valence-electron chi connectivity index (χ0n) is 15.5. The van der Waals surface area contributed by atoms with Crippen molar-refractivity contribution in [3.8, 4) is 0 Å². The van der Waals surface area contributed by atoms with Gasteiger partial charge in [0.25, 0.3) is 0 Å². The molecule has 0 amide bonds. The van der Waals surface area contributed by atoms with E-state index < -0.39 is 0 Å². The molecule has 0 aliphatic rings. The second kappa shape index (κ2) is 7.29. The number of nitrogens with one attached hydrogen (secondary N) is 1. The van der Waals surface area contributed by atoms with Crippen molar-refractivity contribution in [1.29, 1.82) is 0 Å². The third-order valence-electron chi connectivity index (χ3n) is 4.80. The largest absolute Gasteiger partial charge is 0.339 e. The highest BCUT2D eigenvalue weighted by atomic mass is 35.5. The highest BCUT2D eigenvalue weighted by molar-refractivity contribution is 7.18. The van der Waals surface area contributed by atoms with Crippen LogP contribution in [0.5, 0.6) is 0 Å². The minimum absolute atomic E-state index is 0.704. The molecule has 0 aliphatic carbocycles. The lowest BCUT2D eigenvalue weighted by Gasteiger charge is -2.13. The van der Waals surface area contributed by atoms with Gasteiger partial charge in [0.2, 0.25) is 0 Å². The summed E-state index contributed by atoms with van der Waals surface area (Å²) < 4.78 is 0. The van der Waals surface area contributed by atoms with E-state index in [2.05, 4.69) is 31.3 Å². The molecule has 0 fully saturated rings. The van der Waals surface area contributed by atoms with E-state index in [1.807, 2.05) is 43.3 Å². The Morgan fingerprint density at radius 2 is 1.70 bits per heavy atom. The molecule has 0 bridgehead atoms. The van der Waals surface area contributed by atoms with Crippen LogP contribution in [0.25, 0.3) is 10.2 Å². The van der Waals surface area contributed by atoms with Crippen molar-refractivity contribution in [3.63, 3.8) is 0 Å². The lowest BCUT2D eigenvalue weighted by Crippen LogP contribution is -2.03. The van der Waals surface area contributed by atoms with Crippen molar-refractivity contribution >= 4 is 44.7 Å². The standard InChI is InChI=1S/C22H20ClN3S/c1-13-15(3)27-22-20(13)21(24-18-11-7-10-17(23)14(18)2)25-19(26-22)12-16-8-5-4-6-9-16/h4-11H,12H2,1-3H3,(H,24,25,26). The molecule has 0 atom stereocenters. The Morgan fingerprint density at radius 1 is 0.926 bits per heavy atom. The summed E-state index contributed by atoms with van der Waals surface area (Å²) in [4.78, 5) is 12.0. The minimum Gasteiger partial charge on any atom is -0.339 e. The second-order valence-corrected chi connectivity index (χ2v) is 8.26. The van der Waals surface area contributed by atoms with Crippen LogP contribution < -0.4 is 5.32 Å². The van der Waals surface area contributed by atoms with E-state index >= 15 is 0 Å². The van der Waals surface area contributed by atoms with Crippen LogP contribution in [0.3, 0.4) is 0 Å². The Labute approximate surface area is 168 Å². The number of aryl methyl sites for hydroxylation is 2. The Balaban J connectivity index is 1.82. The van der Waals surface area contributed by atoms with Crippen molar-refractivity contribution in [2.45, 2.75) is 27.2 Å². The number of aromatic nitrogens is 2. The Morgan fingerprint density at radius 3 is 2.48 bits per heavy atom. The number of benzene rings is 2. The molecule has 1 N–H and O–H groups in total. The molecule has 0 radical (unpaired) electrons. The first-order chi connectivity index (χ1) is 13.0. The number of thiophene rings is 1. The number of anilines is 2. The van der Waals surface area contributed by atoms with Crippen molar-refractivity contribution in [1.82, 2.24) is 9.97 Å². The smallest absolute Gasteiger partial charge is 0.143 e. The molecule has 27 heavy (non-hydrogen) atoms. The van der Waals surface area contributed by atoms with E-state index in [0.29, 0.717) is 6.42 Å². The van der Waals surface area contributed by atoms with Crippen molar-refractivity contribution < 1.29 is 0 Å². The average Bonchev–Trinajstić information content (AvgIpc) is 2.94. The molecule has 0 saturated carbocycles. The van der Waals surface area contributed by atoms with Gasteiger partial charge in [-0.1, -0.05) is 48.0 Å². The number of rotatable bonds is 4. The highest BCUT2D eigenvalue weighted by Crippen LogP contribution is 2.36. The normalized spacial score (nSPS) is 11.1. The Bertz CT molecular complexity index is 1120. The molecule has 2 heterocycles. The molecule has 136 valence electrons. The van der Waals surface area contributed by atoms with E-state index in [-0.39, 0.29) is 0 Å². The second-order valence-electron chi connectivity index (χ2n) is 6.65. The van der Waals surface area contributed by atoms with Gasteiger partial charge in [0.15, 0.2) is 0 Å². The van der Waals surface area contributed by atoms with E-state index in [1.165, 1.54) is 16.0 Å². The summed E-state index contributed by atoms with van der Waals surface area (Å²) in [5, 5.41) is 5.34. The SMILES string of the molecule is Cc1sc2nc(Cc3ccccc3)nc(Nc3cccc(Cl)c3C)c2c1C. The maximum atomic E-state index is 6.30. The fourth-order valence-electron chi connectivity index (χ4n) is 3.11. The fourth-order valence-corrected chi connectivity index (χ4v) is 4.33. The first-order valence-electron chi connectivity index (χ1n) is 8.85. The summed E-state index contributed by atoms with van der Waals surface area (Å²) in [5.74, 6) is 1.66. The maximum Gasteiger partial charge on any atom is 0.143 e. The molecule has 5 heteroatoms. The Kier molecular flexibility index (Phi) is 4.85. The van der Waals surface area contributed by atoms with E-state index in [0.717, 1.165) is 38.1 Å². The van der Waals surface area contributed by atoms with Gasteiger partial charge in [-0.15, -0.1) is 11.3 Å². The number of nitrogens with zero attached hydrogens (tertiary/aromatic N) is 2. The van der Waals surface area contributed by atoms with Crippen molar-refractivity contribution in [2.75, 3.05) is 5.32 Å². The predicted molar refractivity (Wildman–Crippen MR) is 116 cm³/mol. The lowest BCUT2D eigenvalue weighted by atomic mass is 10.1. The number of hydrogen-bond acceptors (Lipinski definition) is 4. The van der Waals surface area contributed by atoms with Crippen LogP contribution in [0.2, 0.25) is 5.02 Å². The summed E-state index contributed by atoms with van der Waals surface area (Å²) in [6.45, 7) is 6.27. The summed E-state index contributed by atoms with van der Waals surface area (Å²) in [6.07, 6.45) is 0.704. The van der Waals surface area contributed by atoms with Gasteiger partial charge in [-0.2, -0.15) is 0 Å². The van der Waals surface area contributed by atoms with E-state index in [9.17, 15) is 0 Å². The maximum absolute atomic E-state index is 6.30. The van der Waals surface area contributed by atoms with Gasteiger partial charge in [-0.25, -0.2) is 9.97 Å². The van der Waals surface area contributed by atoms with Gasteiger partial charge in [-0.05, 0) is 49.6 Å². The molecular weight excluding hydrogens is 374 g/mol. The van der Waals surface area contributed by atoms with Crippen molar-refractivity contribution in [3.05, 3.63) is 80.9 Å². The quantitative estimate of drug-likeness (QED) is 0.424. The lowest BCUT2D eigenvalue weighted by molar-refractivity contribution is 0.999. The predicted octanol–water partition coefficient (Wildman–Crippen LogP) is 6.60. The molecule has 2 aromatic carbocycles. The fraction of sp³-hybridized carbons (Fsp3) is 0.182. The first-order valence-corrected chi connectivity index (χ1v) is 10.0. The first kappa shape index (κ1) is 18.0. The molecule has 3 nitrogen and oxygen atoms in total. The van der Waals surface area contributed by atoms with E-state index in [4.69, 9.17) is 21.6 Å². The highest BCUT2D eigenvalue weighted by Gasteiger charge is 2.16. The van der Waals surface area contributed by atoms with E-state index in [1.54, 1.807) is 11.3 Å². The molecule has 0 unspecified atom stereocenters. The van der Waals surface area contributed by atoms with Crippen LogP contribution in [0.15, 0.2) is 48.5 Å². The molecule has 4 rings (SSSR count). The molecule has 0 aliphatic heterocycles. The minimum atomic E-state index is 0.704. The van der Waals surface area contributed by atoms with Crippen LogP contribution in [0.1, 0.15) is 27.4 Å². The van der Waals surface area contributed by atoms with Crippen LogP contribution in [-0.4, -0.2) is 9.97 Å². The summed E-state index contributed by atoms with van der Waals surface area (Å²) in [5.41, 5.74) is 4.41. The summed E-state index contributed by atoms with van der Waals surface area (Å²) >= 11 is 8.02. The summed E-state index contributed by atoms with van der Waals surface area (Å²) in [7, 11) is 0. The molecule has 4 aromatic rings. The van der Waals surface area contributed by atoms with Crippen molar-refractivity contribution in [2.24, 2.45) is 0 Å². The number of hydrogen-bond donors (Lipinski definition) is 1. The number of fused-ring (bicyclic) bond motifs is 1. The Hall–Kier alpha value is -2.43. The number of halogens is 1. The van der Waals surface area contributed by atoms with Gasteiger partial charge in [0.1, 0.15) is 16.5 Å². The third kappa shape index (κ3) is 3.55. The zero-order valence-corrected chi connectivity index (χ0v) is 17.1. The third-order valence-corrected chi connectivity index (χ3v) is 6.31. The topological polar surface area (TPSA) is 37.8 Å². The van der Waals surface area contributed by atoms with Gasteiger partial charge in [0, 0.05) is 22.0 Å². The molecule has 0 saturated heterocycles. The van der Waals surface area contributed by atoms with Crippen LogP contribution >= 0.6 is 22.9 Å². The van der Waals surface area contributed by atoms with Crippen LogP contribution in [0.4, 0.5) is 11.5 Å². The average molecular weight is 394 g/mol. The summed E-state index contributed by atoms with van der Waals surface area (Å²) in [6, 6.07) is 16.2.